The van der Waals surface area contributed by atoms with Crippen LogP contribution in [0.25, 0.3) is 0 Å². The molecule has 2 unspecified atom stereocenters. The average molecular weight is 279 g/mol. The summed E-state index contributed by atoms with van der Waals surface area (Å²) in [6.45, 7) is 3.96. The normalized spacial score (nSPS) is 22.2. The lowest BCUT2D eigenvalue weighted by atomic mass is 10.0. The quantitative estimate of drug-likeness (QED) is 0.761. The predicted octanol–water partition coefficient (Wildman–Crippen LogP) is 1.87. The first-order valence-corrected chi connectivity index (χ1v) is 7.00. The van der Waals surface area contributed by atoms with E-state index in [4.69, 9.17) is 0 Å². The Hall–Kier alpha value is -1.69. The number of carboxylic acid groups (broad SMARTS) is 1. The number of nitrogens with one attached hydrogen (secondary N) is 1. The van der Waals surface area contributed by atoms with Gasteiger partial charge in [0.2, 0.25) is 0 Å². The Morgan fingerprint density at radius 3 is 2.85 bits per heavy atom. The van der Waals surface area contributed by atoms with E-state index in [9.17, 15) is 15.0 Å². The molecule has 20 heavy (non-hydrogen) atoms. The van der Waals surface area contributed by atoms with Crippen molar-refractivity contribution in [2.45, 2.75) is 45.1 Å². The number of rotatable bonds is 5. The van der Waals surface area contributed by atoms with Crippen molar-refractivity contribution in [2.24, 2.45) is 5.92 Å². The molecular formula is C14H21N3O3. The van der Waals surface area contributed by atoms with Gasteiger partial charge < -0.3 is 15.5 Å². The molecular weight excluding hydrogens is 258 g/mol. The molecule has 1 aliphatic rings. The summed E-state index contributed by atoms with van der Waals surface area (Å²) in [5.74, 6) is -0.284. The van der Waals surface area contributed by atoms with Crippen LogP contribution in [0.5, 0.6) is 0 Å². The van der Waals surface area contributed by atoms with Gasteiger partial charge in [0.1, 0.15) is 5.82 Å². The van der Waals surface area contributed by atoms with Crippen molar-refractivity contribution in [3.05, 3.63) is 17.7 Å². The molecule has 2 rings (SSSR count). The van der Waals surface area contributed by atoms with E-state index in [1.807, 2.05) is 13.8 Å². The molecule has 3 N–H and O–H groups in total. The first kappa shape index (κ1) is 14.7. The van der Waals surface area contributed by atoms with Gasteiger partial charge in [-0.2, -0.15) is 0 Å². The third-order valence-electron chi connectivity index (χ3n) is 3.76. The van der Waals surface area contributed by atoms with Crippen LogP contribution >= 0.6 is 0 Å². The molecule has 0 bridgehead atoms. The van der Waals surface area contributed by atoms with Gasteiger partial charge >= 0.3 is 5.97 Å². The highest BCUT2D eigenvalue weighted by Gasteiger charge is 2.28. The molecule has 110 valence electrons. The molecule has 0 spiro atoms. The number of hydrogen-bond donors (Lipinski definition) is 3. The fourth-order valence-electron chi connectivity index (χ4n) is 2.59. The van der Waals surface area contributed by atoms with Crippen molar-refractivity contribution in [1.29, 1.82) is 0 Å². The van der Waals surface area contributed by atoms with Gasteiger partial charge in [-0.3, -0.25) is 0 Å². The molecule has 1 saturated carbocycles. The molecule has 6 heteroatoms. The van der Waals surface area contributed by atoms with Crippen LogP contribution in [0.15, 0.2) is 6.20 Å². The van der Waals surface area contributed by atoms with E-state index in [1.54, 1.807) is 6.20 Å². The molecule has 6 nitrogen and oxygen atoms in total. The minimum atomic E-state index is -1.06. The molecule has 0 aromatic carbocycles. The maximum atomic E-state index is 11.3. The zero-order valence-corrected chi connectivity index (χ0v) is 11.8. The molecule has 1 aromatic rings. The van der Waals surface area contributed by atoms with Crippen LogP contribution in [0.1, 0.15) is 55.3 Å². The Morgan fingerprint density at radius 1 is 1.50 bits per heavy atom. The Morgan fingerprint density at radius 2 is 2.25 bits per heavy atom. The third kappa shape index (κ3) is 3.07. The van der Waals surface area contributed by atoms with Crippen LogP contribution in [0.2, 0.25) is 0 Å². The van der Waals surface area contributed by atoms with Crippen LogP contribution in [0, 0.1) is 5.92 Å². The second kappa shape index (κ2) is 6.17. The topological polar surface area (TPSA) is 95.3 Å². The largest absolute Gasteiger partial charge is 0.476 e. The fourth-order valence-corrected chi connectivity index (χ4v) is 2.59. The number of hydrogen-bond acceptors (Lipinski definition) is 5. The Kier molecular flexibility index (Phi) is 4.54. The summed E-state index contributed by atoms with van der Waals surface area (Å²) < 4.78 is 0. The lowest BCUT2D eigenvalue weighted by Crippen LogP contribution is -2.27. The zero-order valence-electron chi connectivity index (χ0n) is 11.8. The first-order chi connectivity index (χ1) is 9.52. The Bertz CT molecular complexity index is 491. The maximum Gasteiger partial charge on any atom is 0.356 e. The predicted molar refractivity (Wildman–Crippen MR) is 74.9 cm³/mol. The van der Waals surface area contributed by atoms with Crippen molar-refractivity contribution < 1.29 is 15.0 Å². The van der Waals surface area contributed by atoms with Crippen LogP contribution in [-0.4, -0.2) is 38.8 Å². The molecule has 0 amide bonds. The summed E-state index contributed by atoms with van der Waals surface area (Å²) in [5.41, 5.74) is 0.444. The van der Waals surface area contributed by atoms with E-state index in [-0.39, 0.29) is 30.2 Å². The van der Waals surface area contributed by atoms with Gasteiger partial charge in [-0.25, -0.2) is 14.8 Å². The van der Waals surface area contributed by atoms with Crippen molar-refractivity contribution in [3.63, 3.8) is 0 Å². The molecule has 1 aliphatic carbocycles. The number of aromatic carboxylic acids is 1. The van der Waals surface area contributed by atoms with Gasteiger partial charge in [-0.1, -0.05) is 20.3 Å². The second-order valence-electron chi connectivity index (χ2n) is 5.57. The van der Waals surface area contributed by atoms with E-state index < -0.39 is 5.97 Å². The molecule has 1 fully saturated rings. The highest BCUT2D eigenvalue weighted by Crippen LogP contribution is 2.29. The number of carbonyl (C=O) groups is 1. The van der Waals surface area contributed by atoms with Crippen LogP contribution in [0.3, 0.4) is 0 Å². The van der Waals surface area contributed by atoms with Gasteiger partial charge in [-0.05, 0) is 12.8 Å². The average Bonchev–Trinajstić information content (AvgIpc) is 2.85. The molecule has 0 radical (unpaired) electrons. The summed E-state index contributed by atoms with van der Waals surface area (Å²) in [6, 6.07) is 0.0894. The smallest absolute Gasteiger partial charge is 0.356 e. The van der Waals surface area contributed by atoms with E-state index >= 15 is 0 Å². The van der Waals surface area contributed by atoms with Gasteiger partial charge in [0, 0.05) is 24.5 Å². The highest BCUT2D eigenvalue weighted by molar-refractivity contribution is 5.91. The van der Waals surface area contributed by atoms with E-state index in [1.165, 1.54) is 0 Å². The number of carboxylic acids is 1. The van der Waals surface area contributed by atoms with Gasteiger partial charge in [0.15, 0.2) is 5.69 Å². The summed E-state index contributed by atoms with van der Waals surface area (Å²) >= 11 is 0. The standard InChI is InChI=1S/C14H21N3O3/c1-8(2)13-15-6-11(12(17-13)14(19)20)16-10-5-3-4-9(10)7-18/h6,8-10,16,18H,3-5,7H2,1-2H3,(H,19,20). The van der Waals surface area contributed by atoms with Gasteiger partial charge in [0.05, 0.1) is 11.9 Å². The number of nitrogens with zero attached hydrogens (tertiary/aromatic N) is 2. The molecule has 1 heterocycles. The van der Waals surface area contributed by atoms with Crippen LogP contribution in [-0.2, 0) is 0 Å². The summed E-state index contributed by atoms with van der Waals surface area (Å²) in [4.78, 5) is 19.7. The van der Waals surface area contributed by atoms with Gasteiger partial charge in [-0.15, -0.1) is 0 Å². The van der Waals surface area contributed by atoms with Crippen molar-refractivity contribution in [3.8, 4) is 0 Å². The minimum Gasteiger partial charge on any atom is -0.476 e. The highest BCUT2D eigenvalue weighted by atomic mass is 16.4. The van der Waals surface area contributed by atoms with Crippen molar-refractivity contribution in [1.82, 2.24) is 9.97 Å². The summed E-state index contributed by atoms with van der Waals surface area (Å²) in [5, 5.41) is 21.8. The van der Waals surface area contributed by atoms with Crippen molar-refractivity contribution >= 4 is 11.7 Å². The third-order valence-corrected chi connectivity index (χ3v) is 3.76. The molecule has 1 aromatic heterocycles. The summed E-state index contributed by atoms with van der Waals surface area (Å²) in [7, 11) is 0. The molecule has 0 saturated heterocycles. The first-order valence-electron chi connectivity index (χ1n) is 7.00. The Labute approximate surface area is 118 Å². The van der Waals surface area contributed by atoms with Crippen LogP contribution < -0.4 is 5.32 Å². The number of aromatic nitrogens is 2. The Balaban J connectivity index is 2.24. The monoisotopic (exact) mass is 279 g/mol. The zero-order chi connectivity index (χ0) is 14.7. The lowest BCUT2D eigenvalue weighted by Gasteiger charge is -2.21. The van der Waals surface area contributed by atoms with Crippen LogP contribution in [0.4, 0.5) is 5.69 Å². The second-order valence-corrected chi connectivity index (χ2v) is 5.57. The number of aliphatic hydroxyl groups is 1. The van der Waals surface area contributed by atoms with E-state index in [0.717, 1.165) is 19.3 Å². The number of aliphatic hydroxyl groups excluding tert-OH is 1. The minimum absolute atomic E-state index is 0.00675. The SMILES string of the molecule is CC(C)c1ncc(NC2CCCC2CO)c(C(=O)O)n1. The lowest BCUT2D eigenvalue weighted by molar-refractivity contribution is 0.0691. The van der Waals surface area contributed by atoms with E-state index in [2.05, 4.69) is 15.3 Å². The fraction of sp³-hybridized carbons (Fsp3) is 0.643. The van der Waals surface area contributed by atoms with E-state index in [0.29, 0.717) is 11.5 Å². The van der Waals surface area contributed by atoms with Crippen molar-refractivity contribution in [2.75, 3.05) is 11.9 Å². The summed E-state index contributed by atoms with van der Waals surface area (Å²) in [6.07, 6.45) is 4.46. The molecule has 0 aliphatic heterocycles. The van der Waals surface area contributed by atoms with Gasteiger partial charge in [0.25, 0.3) is 0 Å². The maximum absolute atomic E-state index is 11.3. The molecule has 2 atom stereocenters. The number of anilines is 1.